The smallest absolute Gasteiger partial charge is 0.416 e. The average molecular weight is 531 g/mol. The Hall–Kier alpha value is -3.98. The van der Waals surface area contributed by atoms with E-state index >= 15 is 0 Å². The number of carbonyl (C=O) groups is 2. The van der Waals surface area contributed by atoms with E-state index in [2.05, 4.69) is 0 Å². The largest absolute Gasteiger partial charge is 0.507 e. The predicted molar refractivity (Wildman–Crippen MR) is 135 cm³/mol. The van der Waals surface area contributed by atoms with Crippen LogP contribution in [0.3, 0.4) is 0 Å². The second-order valence-electron chi connectivity index (χ2n) is 8.55. The molecule has 0 saturated carbocycles. The number of alkyl halides is 3. The Morgan fingerprint density at radius 3 is 2.30 bits per heavy atom. The quantitative estimate of drug-likeness (QED) is 0.247. The lowest BCUT2D eigenvalue weighted by Gasteiger charge is -2.26. The molecule has 0 aromatic heterocycles. The lowest BCUT2D eigenvalue weighted by molar-refractivity contribution is -0.137. The molecular weight excluding hydrogens is 509 g/mol. The summed E-state index contributed by atoms with van der Waals surface area (Å²) >= 11 is 6.11. The van der Waals surface area contributed by atoms with Crippen LogP contribution in [-0.2, 0) is 15.8 Å². The Morgan fingerprint density at radius 2 is 1.70 bits per heavy atom. The summed E-state index contributed by atoms with van der Waals surface area (Å²) < 4.78 is 45.7. The molecule has 1 aliphatic heterocycles. The zero-order valence-electron chi connectivity index (χ0n) is 20.0. The van der Waals surface area contributed by atoms with Gasteiger partial charge in [-0.3, -0.25) is 14.5 Å². The third kappa shape index (κ3) is 4.86. The summed E-state index contributed by atoms with van der Waals surface area (Å²) in [6, 6.07) is 14.1. The number of benzene rings is 3. The van der Waals surface area contributed by atoms with Crippen molar-refractivity contribution in [3.8, 4) is 5.75 Å². The third-order valence-corrected chi connectivity index (χ3v) is 6.27. The zero-order chi connectivity index (χ0) is 27.1. The Morgan fingerprint density at radius 1 is 1.03 bits per heavy atom. The Balaban J connectivity index is 1.98. The number of ketones is 1. The van der Waals surface area contributed by atoms with E-state index in [1.54, 1.807) is 24.3 Å². The van der Waals surface area contributed by atoms with Crippen molar-refractivity contribution in [2.75, 3.05) is 31.0 Å². The molecular formula is C27H22ClF3N2O4. The number of aliphatic hydroxyl groups excluding tert-OH is 1. The van der Waals surface area contributed by atoms with Crippen LogP contribution in [0, 0.1) is 0 Å². The number of hydrogen-bond acceptors (Lipinski definition) is 5. The molecule has 1 atom stereocenters. The van der Waals surface area contributed by atoms with Crippen molar-refractivity contribution >= 4 is 40.4 Å². The van der Waals surface area contributed by atoms with Crippen LogP contribution < -0.4 is 14.5 Å². The SMILES string of the molecule is COc1ccc(Cl)cc1/C(O)=C1\C(=O)C(=O)N(c2cccc(C(F)(F)F)c2)C1c1ccc(N(C)C)cc1. The molecule has 1 amide bonds. The van der Waals surface area contributed by atoms with E-state index in [1.807, 2.05) is 19.0 Å². The van der Waals surface area contributed by atoms with E-state index in [9.17, 15) is 27.9 Å². The number of anilines is 2. The molecule has 192 valence electrons. The number of nitrogens with zero attached hydrogens (tertiary/aromatic N) is 2. The number of carbonyl (C=O) groups excluding carboxylic acids is 2. The van der Waals surface area contributed by atoms with Gasteiger partial charge in [-0.05, 0) is 54.1 Å². The molecule has 1 aliphatic rings. The molecule has 3 aromatic rings. The highest BCUT2D eigenvalue weighted by Gasteiger charge is 2.47. The Labute approximate surface area is 216 Å². The maximum atomic E-state index is 13.5. The first kappa shape index (κ1) is 26.1. The van der Waals surface area contributed by atoms with E-state index in [4.69, 9.17) is 16.3 Å². The fourth-order valence-corrected chi connectivity index (χ4v) is 4.38. The van der Waals surface area contributed by atoms with Crippen LogP contribution in [0.2, 0.25) is 5.02 Å². The van der Waals surface area contributed by atoms with Crippen molar-refractivity contribution in [3.63, 3.8) is 0 Å². The van der Waals surface area contributed by atoms with Crippen molar-refractivity contribution in [2.24, 2.45) is 0 Å². The van der Waals surface area contributed by atoms with Crippen LogP contribution in [0.4, 0.5) is 24.5 Å². The summed E-state index contributed by atoms with van der Waals surface area (Å²) in [5.41, 5.74) is -0.144. The minimum absolute atomic E-state index is 0.0620. The number of halogens is 4. The number of methoxy groups -OCH3 is 1. The average Bonchev–Trinajstić information content (AvgIpc) is 3.13. The number of hydrogen-bond donors (Lipinski definition) is 1. The summed E-state index contributed by atoms with van der Waals surface area (Å²) in [6.45, 7) is 0. The number of aliphatic hydroxyl groups is 1. The van der Waals surface area contributed by atoms with E-state index in [0.717, 1.165) is 28.8 Å². The van der Waals surface area contributed by atoms with Crippen LogP contribution in [0.15, 0.2) is 72.3 Å². The van der Waals surface area contributed by atoms with Gasteiger partial charge in [0.25, 0.3) is 11.7 Å². The van der Waals surface area contributed by atoms with E-state index < -0.39 is 35.2 Å². The van der Waals surface area contributed by atoms with Gasteiger partial charge in [-0.1, -0.05) is 29.8 Å². The van der Waals surface area contributed by atoms with Crippen molar-refractivity contribution < 1.29 is 32.6 Å². The monoisotopic (exact) mass is 530 g/mol. The highest BCUT2D eigenvalue weighted by Crippen LogP contribution is 2.44. The van der Waals surface area contributed by atoms with Gasteiger partial charge < -0.3 is 14.7 Å². The van der Waals surface area contributed by atoms with Crippen molar-refractivity contribution in [1.82, 2.24) is 0 Å². The van der Waals surface area contributed by atoms with Crippen LogP contribution in [-0.4, -0.2) is 38.0 Å². The lowest BCUT2D eigenvalue weighted by atomic mass is 9.94. The molecule has 4 rings (SSSR count). The molecule has 0 aliphatic carbocycles. The standard InChI is InChI=1S/C27H22ClF3N2O4/c1-32(2)18-10-7-15(8-11-18)23-22(24(34)20-14-17(28)9-12-21(20)37-3)25(35)26(36)33(23)19-6-4-5-16(13-19)27(29,30)31/h4-14,23,34H,1-3H3/b24-22+. The first-order valence-electron chi connectivity index (χ1n) is 11.0. The maximum absolute atomic E-state index is 13.5. The van der Waals surface area contributed by atoms with Gasteiger partial charge in [0, 0.05) is 30.5 Å². The minimum Gasteiger partial charge on any atom is -0.507 e. The van der Waals surface area contributed by atoms with Gasteiger partial charge in [0.2, 0.25) is 0 Å². The summed E-state index contributed by atoms with van der Waals surface area (Å²) in [4.78, 5) is 29.4. The molecule has 37 heavy (non-hydrogen) atoms. The molecule has 0 radical (unpaired) electrons. The predicted octanol–water partition coefficient (Wildman–Crippen LogP) is 6.06. The fourth-order valence-electron chi connectivity index (χ4n) is 4.21. The second-order valence-corrected chi connectivity index (χ2v) is 8.98. The third-order valence-electron chi connectivity index (χ3n) is 6.04. The van der Waals surface area contributed by atoms with Gasteiger partial charge in [-0.2, -0.15) is 13.2 Å². The topological polar surface area (TPSA) is 70.1 Å². The minimum atomic E-state index is -4.67. The normalized spacial score (nSPS) is 17.3. The molecule has 3 aromatic carbocycles. The second kappa shape index (κ2) is 9.82. The summed E-state index contributed by atoms with van der Waals surface area (Å²) in [7, 11) is 5.02. The van der Waals surface area contributed by atoms with Crippen LogP contribution in [0.25, 0.3) is 5.76 Å². The van der Waals surface area contributed by atoms with E-state index in [-0.39, 0.29) is 27.6 Å². The maximum Gasteiger partial charge on any atom is 0.416 e. The van der Waals surface area contributed by atoms with Gasteiger partial charge in [-0.25, -0.2) is 0 Å². The molecule has 10 heteroatoms. The van der Waals surface area contributed by atoms with Gasteiger partial charge in [0.1, 0.15) is 11.5 Å². The lowest BCUT2D eigenvalue weighted by Crippen LogP contribution is -2.29. The Kier molecular flexibility index (Phi) is 6.92. The van der Waals surface area contributed by atoms with E-state index in [0.29, 0.717) is 5.56 Å². The van der Waals surface area contributed by atoms with Crippen LogP contribution in [0.5, 0.6) is 5.75 Å². The van der Waals surface area contributed by atoms with E-state index in [1.165, 1.54) is 31.4 Å². The number of rotatable bonds is 5. The van der Waals surface area contributed by atoms with Gasteiger partial charge in [-0.15, -0.1) is 0 Å². The van der Waals surface area contributed by atoms with Crippen LogP contribution >= 0.6 is 11.6 Å². The zero-order valence-corrected chi connectivity index (χ0v) is 20.8. The van der Waals surface area contributed by atoms with Crippen molar-refractivity contribution in [3.05, 3.63) is 94.0 Å². The van der Waals surface area contributed by atoms with Crippen molar-refractivity contribution in [1.29, 1.82) is 0 Å². The highest BCUT2D eigenvalue weighted by molar-refractivity contribution is 6.51. The Bertz CT molecular complexity index is 1400. The molecule has 1 heterocycles. The molecule has 0 spiro atoms. The summed E-state index contributed by atoms with van der Waals surface area (Å²) in [5, 5.41) is 11.6. The highest BCUT2D eigenvalue weighted by atomic mass is 35.5. The molecule has 6 nitrogen and oxygen atoms in total. The first-order chi connectivity index (χ1) is 17.4. The summed E-state index contributed by atoms with van der Waals surface area (Å²) in [5.74, 6) is -2.51. The van der Waals surface area contributed by atoms with Gasteiger partial charge >= 0.3 is 6.18 Å². The van der Waals surface area contributed by atoms with Gasteiger partial charge in [0.05, 0.1) is 29.9 Å². The molecule has 1 N–H and O–H groups in total. The fraction of sp³-hybridized carbons (Fsp3) is 0.185. The number of ether oxygens (including phenoxy) is 1. The van der Waals surface area contributed by atoms with Crippen molar-refractivity contribution in [2.45, 2.75) is 12.2 Å². The summed E-state index contributed by atoms with van der Waals surface area (Å²) in [6.07, 6.45) is -4.67. The molecule has 1 saturated heterocycles. The molecule has 0 bridgehead atoms. The van der Waals surface area contributed by atoms with Gasteiger partial charge in [0.15, 0.2) is 0 Å². The number of amides is 1. The molecule has 1 unspecified atom stereocenters. The molecule has 1 fully saturated rings. The first-order valence-corrected chi connectivity index (χ1v) is 11.4. The van der Waals surface area contributed by atoms with Crippen LogP contribution in [0.1, 0.15) is 22.7 Å². The number of Topliss-reactive ketones (excluding diaryl/α,β-unsaturated/α-hetero) is 1.